The van der Waals surface area contributed by atoms with Crippen molar-refractivity contribution in [3.63, 3.8) is 0 Å². The van der Waals surface area contributed by atoms with Crippen molar-refractivity contribution in [3.05, 3.63) is 57.8 Å². The second-order valence-corrected chi connectivity index (χ2v) is 7.64. The topological polar surface area (TPSA) is 89.9 Å². The van der Waals surface area contributed by atoms with Crippen LogP contribution in [0.4, 0.5) is 5.69 Å². The quantitative estimate of drug-likeness (QED) is 0.552. The zero-order chi connectivity index (χ0) is 18.8. The first-order valence-corrected chi connectivity index (χ1v) is 9.70. The van der Waals surface area contributed by atoms with Gasteiger partial charge in [0.25, 0.3) is 5.91 Å². The third-order valence-electron chi connectivity index (χ3n) is 3.89. The van der Waals surface area contributed by atoms with Crippen molar-refractivity contribution in [2.75, 3.05) is 12.4 Å². The molecular weight excluding hydrogens is 382 g/mol. The van der Waals surface area contributed by atoms with E-state index in [0.717, 1.165) is 20.2 Å². The molecule has 9 heteroatoms. The molecule has 27 heavy (non-hydrogen) atoms. The molecule has 0 aliphatic heterocycles. The van der Waals surface area contributed by atoms with E-state index in [-0.39, 0.29) is 5.91 Å². The molecule has 7 nitrogen and oxygen atoms in total. The van der Waals surface area contributed by atoms with Crippen molar-refractivity contribution in [1.82, 2.24) is 19.3 Å². The number of fused-ring (bicyclic) bond motifs is 1. The van der Waals surface area contributed by atoms with Gasteiger partial charge in [0, 0.05) is 23.6 Å². The Kier molecular flexibility index (Phi) is 4.78. The number of aryl methyl sites for hydroxylation is 1. The zero-order valence-corrected chi connectivity index (χ0v) is 16.2. The Morgan fingerprint density at radius 3 is 2.89 bits per heavy atom. The fraction of sp³-hybridized carbons (Fsp3) is 0.167. The van der Waals surface area contributed by atoms with Gasteiger partial charge in [-0.3, -0.25) is 4.79 Å². The maximum Gasteiger partial charge on any atom is 0.258 e. The smallest absolute Gasteiger partial charge is 0.258 e. The minimum atomic E-state index is -0.206. The minimum absolute atomic E-state index is 0.206. The molecule has 1 amide bonds. The number of anilines is 1. The van der Waals surface area contributed by atoms with Gasteiger partial charge in [-0.2, -0.15) is 4.37 Å². The summed E-state index contributed by atoms with van der Waals surface area (Å²) in [6.45, 7) is 1.83. The molecule has 136 valence electrons. The van der Waals surface area contributed by atoms with Crippen LogP contribution in [-0.2, 0) is 6.42 Å². The molecule has 4 heterocycles. The highest BCUT2D eigenvalue weighted by molar-refractivity contribution is 7.18. The van der Waals surface area contributed by atoms with E-state index in [0.29, 0.717) is 29.2 Å². The van der Waals surface area contributed by atoms with Gasteiger partial charge in [0.1, 0.15) is 15.4 Å². The molecule has 0 aliphatic rings. The summed E-state index contributed by atoms with van der Waals surface area (Å²) < 4.78 is 9.40. The highest BCUT2D eigenvalue weighted by Gasteiger charge is 2.20. The first-order valence-electron chi connectivity index (χ1n) is 8.11. The molecule has 0 bridgehead atoms. The largest absolute Gasteiger partial charge is 0.481 e. The van der Waals surface area contributed by atoms with E-state index in [1.165, 1.54) is 22.9 Å². The summed E-state index contributed by atoms with van der Waals surface area (Å²) in [6, 6.07) is 7.25. The van der Waals surface area contributed by atoms with Crippen LogP contribution in [0.2, 0.25) is 0 Å². The van der Waals surface area contributed by atoms with Crippen LogP contribution in [0.25, 0.3) is 10.3 Å². The lowest BCUT2D eigenvalue weighted by Crippen LogP contribution is -2.14. The fourth-order valence-electron chi connectivity index (χ4n) is 2.62. The molecule has 0 spiro atoms. The van der Waals surface area contributed by atoms with Crippen LogP contribution in [0.3, 0.4) is 0 Å². The van der Waals surface area contributed by atoms with Gasteiger partial charge in [-0.05, 0) is 36.7 Å². The molecule has 1 N–H and O–H groups in total. The average molecular weight is 397 g/mol. The number of amides is 1. The van der Waals surface area contributed by atoms with Crippen LogP contribution in [0.5, 0.6) is 5.88 Å². The van der Waals surface area contributed by atoms with Gasteiger partial charge in [0.05, 0.1) is 30.3 Å². The standard InChI is InChI=1S/C18H15N5O2S2/c1-10-16(17(24)21-11-5-6-14(25-2)20-9-11)13(27-23-10)8-15-22-12-4-3-7-19-18(12)26-15/h3-7,9H,8H2,1-2H3,(H,21,24). The van der Waals surface area contributed by atoms with E-state index >= 15 is 0 Å². The molecule has 0 aromatic carbocycles. The van der Waals surface area contributed by atoms with E-state index in [1.54, 1.807) is 31.6 Å². The Morgan fingerprint density at radius 2 is 2.15 bits per heavy atom. The third kappa shape index (κ3) is 3.64. The Hall–Kier alpha value is -2.91. The van der Waals surface area contributed by atoms with Crippen LogP contribution in [0.1, 0.15) is 25.9 Å². The molecule has 0 fully saturated rings. The summed E-state index contributed by atoms with van der Waals surface area (Å²) >= 11 is 2.86. The van der Waals surface area contributed by atoms with Gasteiger partial charge in [-0.15, -0.1) is 0 Å². The number of methoxy groups -OCH3 is 1. The first-order chi connectivity index (χ1) is 13.1. The molecule has 0 unspecified atom stereocenters. The number of rotatable bonds is 5. The normalized spacial score (nSPS) is 10.9. The number of hydrogen-bond acceptors (Lipinski definition) is 8. The molecule has 0 radical (unpaired) electrons. The van der Waals surface area contributed by atoms with Crippen molar-refractivity contribution in [3.8, 4) is 5.88 Å². The van der Waals surface area contributed by atoms with Gasteiger partial charge < -0.3 is 10.1 Å². The second kappa shape index (κ2) is 7.37. The van der Waals surface area contributed by atoms with Crippen LogP contribution >= 0.6 is 22.9 Å². The van der Waals surface area contributed by atoms with Gasteiger partial charge in [0.15, 0.2) is 0 Å². The molecule has 4 rings (SSSR count). The summed E-state index contributed by atoms with van der Waals surface area (Å²) in [4.78, 5) is 27.6. The average Bonchev–Trinajstić information content (AvgIpc) is 3.25. The van der Waals surface area contributed by atoms with Crippen LogP contribution in [0.15, 0.2) is 36.7 Å². The van der Waals surface area contributed by atoms with Crippen molar-refractivity contribution in [2.45, 2.75) is 13.3 Å². The van der Waals surface area contributed by atoms with E-state index in [9.17, 15) is 4.79 Å². The van der Waals surface area contributed by atoms with E-state index < -0.39 is 0 Å². The third-order valence-corrected chi connectivity index (χ3v) is 5.80. The van der Waals surface area contributed by atoms with Crippen molar-refractivity contribution in [2.24, 2.45) is 0 Å². The van der Waals surface area contributed by atoms with Gasteiger partial charge in [0.2, 0.25) is 5.88 Å². The van der Waals surface area contributed by atoms with Crippen LogP contribution in [0, 0.1) is 6.92 Å². The number of nitrogens with one attached hydrogen (secondary N) is 1. The number of ether oxygens (including phenoxy) is 1. The maximum atomic E-state index is 12.8. The number of nitrogens with zero attached hydrogens (tertiary/aromatic N) is 4. The van der Waals surface area contributed by atoms with E-state index in [4.69, 9.17) is 4.74 Å². The van der Waals surface area contributed by atoms with E-state index in [1.807, 2.05) is 19.1 Å². The number of carbonyl (C=O) groups is 1. The number of thiazole rings is 1. The Balaban J connectivity index is 1.57. The van der Waals surface area contributed by atoms with Gasteiger partial charge >= 0.3 is 0 Å². The maximum absolute atomic E-state index is 12.8. The van der Waals surface area contributed by atoms with Crippen LogP contribution in [-0.4, -0.2) is 32.3 Å². The Morgan fingerprint density at radius 1 is 1.26 bits per heavy atom. The summed E-state index contributed by atoms with van der Waals surface area (Å²) in [6.07, 6.45) is 3.86. The summed E-state index contributed by atoms with van der Waals surface area (Å²) in [5, 5.41) is 3.78. The first kappa shape index (κ1) is 17.5. The molecule has 0 saturated carbocycles. The molecular formula is C18H15N5O2S2. The number of aromatic nitrogens is 4. The van der Waals surface area contributed by atoms with E-state index in [2.05, 4.69) is 24.6 Å². The lowest BCUT2D eigenvalue weighted by atomic mass is 10.1. The SMILES string of the molecule is COc1ccc(NC(=O)c2c(C)nsc2Cc2nc3cccnc3s2)cn1. The van der Waals surface area contributed by atoms with Crippen molar-refractivity contribution in [1.29, 1.82) is 0 Å². The Bertz CT molecular complexity index is 1070. The predicted octanol–water partition coefficient (Wildman–Crippen LogP) is 3.70. The summed E-state index contributed by atoms with van der Waals surface area (Å²) in [5.41, 5.74) is 2.76. The van der Waals surface area contributed by atoms with Gasteiger partial charge in [-0.25, -0.2) is 15.0 Å². The monoisotopic (exact) mass is 397 g/mol. The van der Waals surface area contributed by atoms with Crippen LogP contribution < -0.4 is 10.1 Å². The second-order valence-electron chi connectivity index (χ2n) is 5.72. The van der Waals surface area contributed by atoms with Crippen molar-refractivity contribution < 1.29 is 9.53 Å². The molecule has 0 aliphatic carbocycles. The number of carbonyl (C=O) groups excluding carboxylic acids is 1. The predicted molar refractivity (Wildman–Crippen MR) is 106 cm³/mol. The molecule has 0 saturated heterocycles. The lowest BCUT2D eigenvalue weighted by molar-refractivity contribution is 0.102. The van der Waals surface area contributed by atoms with Crippen molar-refractivity contribution >= 4 is 44.8 Å². The molecule has 0 atom stereocenters. The Labute approximate surface area is 163 Å². The minimum Gasteiger partial charge on any atom is -0.481 e. The lowest BCUT2D eigenvalue weighted by Gasteiger charge is -2.06. The molecule has 4 aromatic rings. The highest BCUT2D eigenvalue weighted by atomic mass is 32.1. The summed E-state index contributed by atoms with van der Waals surface area (Å²) in [5.74, 6) is 0.286. The fourth-order valence-corrected chi connectivity index (χ4v) is 4.50. The highest BCUT2D eigenvalue weighted by Crippen LogP contribution is 2.27. The zero-order valence-electron chi connectivity index (χ0n) is 14.6. The van der Waals surface area contributed by atoms with Gasteiger partial charge in [-0.1, -0.05) is 11.3 Å². The number of pyridine rings is 2. The summed E-state index contributed by atoms with van der Waals surface area (Å²) in [7, 11) is 1.55. The molecule has 4 aromatic heterocycles. The number of hydrogen-bond donors (Lipinski definition) is 1.